The van der Waals surface area contributed by atoms with Gasteiger partial charge in [0.1, 0.15) is 23.2 Å². The van der Waals surface area contributed by atoms with Crippen molar-refractivity contribution in [1.82, 2.24) is 19.8 Å². The third kappa shape index (κ3) is 6.57. The molecule has 1 fully saturated rings. The van der Waals surface area contributed by atoms with Crippen molar-refractivity contribution in [1.29, 1.82) is 0 Å². The number of likely N-dealkylation sites (tertiary alicyclic amines) is 1. The molecule has 0 saturated carbocycles. The minimum atomic E-state index is -3.67. The second-order valence-corrected chi connectivity index (χ2v) is 11.3. The highest BCUT2D eigenvalue weighted by molar-refractivity contribution is 7.53. The van der Waals surface area contributed by atoms with E-state index in [1.807, 2.05) is 0 Å². The van der Waals surface area contributed by atoms with E-state index in [1.165, 1.54) is 22.9 Å². The fourth-order valence-electron chi connectivity index (χ4n) is 4.65. The number of rotatable bonds is 12. The van der Waals surface area contributed by atoms with Gasteiger partial charge in [0, 0.05) is 32.3 Å². The Kier molecular flexibility index (Phi) is 9.34. The number of amides is 2. The van der Waals surface area contributed by atoms with Gasteiger partial charge in [-0.2, -0.15) is 0 Å². The molecule has 13 heteroatoms. The number of fused-ring (bicyclic) bond motifs is 1. The van der Waals surface area contributed by atoms with E-state index in [1.54, 1.807) is 36.9 Å². The van der Waals surface area contributed by atoms with Crippen molar-refractivity contribution in [2.45, 2.75) is 39.7 Å². The number of hydrogen-bond acceptors (Lipinski definition) is 8. The summed E-state index contributed by atoms with van der Waals surface area (Å²) in [5, 5.41) is 13.4. The number of aromatic hydroxyl groups is 1. The van der Waals surface area contributed by atoms with Crippen molar-refractivity contribution >= 4 is 30.4 Å². The molecular formula is C27H32FN4O7P. The summed E-state index contributed by atoms with van der Waals surface area (Å²) in [4.78, 5) is 45.0. The van der Waals surface area contributed by atoms with E-state index >= 15 is 0 Å². The fourth-order valence-corrected chi connectivity index (χ4v) is 6.03. The van der Waals surface area contributed by atoms with Crippen LogP contribution in [-0.2, 0) is 31.4 Å². The number of benzene rings is 1. The topological polar surface area (TPSA) is 140 Å². The minimum Gasteiger partial charge on any atom is -0.505 e. The van der Waals surface area contributed by atoms with Crippen LogP contribution < -0.4 is 10.9 Å². The molecule has 1 saturated heterocycles. The Morgan fingerprint density at radius 1 is 1.12 bits per heavy atom. The third-order valence-corrected chi connectivity index (χ3v) is 8.38. The molecule has 4 rings (SSSR count). The van der Waals surface area contributed by atoms with E-state index in [0.29, 0.717) is 24.9 Å². The summed E-state index contributed by atoms with van der Waals surface area (Å²) in [7, 11) is -3.67. The van der Waals surface area contributed by atoms with Crippen molar-refractivity contribution in [2.75, 3.05) is 32.6 Å². The zero-order valence-corrected chi connectivity index (χ0v) is 23.3. The van der Waals surface area contributed by atoms with E-state index in [0.717, 1.165) is 12.0 Å². The Labute approximate surface area is 230 Å². The molecule has 1 aliphatic heterocycles. The van der Waals surface area contributed by atoms with Crippen LogP contribution in [0, 0.1) is 5.82 Å². The highest BCUT2D eigenvalue weighted by atomic mass is 31.2. The minimum absolute atomic E-state index is 0.0122. The Morgan fingerprint density at radius 2 is 1.82 bits per heavy atom. The van der Waals surface area contributed by atoms with Gasteiger partial charge in [-0.1, -0.05) is 12.1 Å². The molecule has 2 amide bonds. The molecule has 0 aliphatic carbocycles. The van der Waals surface area contributed by atoms with E-state index < -0.39 is 36.7 Å². The molecular weight excluding hydrogens is 542 g/mol. The summed E-state index contributed by atoms with van der Waals surface area (Å²) in [6.07, 6.45) is 2.54. The van der Waals surface area contributed by atoms with Gasteiger partial charge >= 0.3 is 7.60 Å². The molecule has 3 aromatic rings. The lowest BCUT2D eigenvalue weighted by Crippen LogP contribution is -2.37. The molecule has 1 aliphatic rings. The fraction of sp³-hybridized carbons (Fsp3) is 0.407. The molecule has 11 nitrogen and oxygen atoms in total. The first-order chi connectivity index (χ1) is 19.2. The van der Waals surface area contributed by atoms with Crippen molar-refractivity contribution in [3.63, 3.8) is 0 Å². The Morgan fingerprint density at radius 3 is 2.45 bits per heavy atom. The molecule has 3 heterocycles. The van der Waals surface area contributed by atoms with Crippen LogP contribution in [0.25, 0.3) is 11.0 Å². The van der Waals surface area contributed by atoms with Crippen LogP contribution in [0.5, 0.6) is 5.75 Å². The molecule has 0 bridgehead atoms. The number of aromatic nitrogens is 2. The van der Waals surface area contributed by atoms with Crippen LogP contribution in [0.1, 0.15) is 48.2 Å². The largest absolute Gasteiger partial charge is 0.505 e. The number of hydrogen-bond donors (Lipinski definition) is 2. The van der Waals surface area contributed by atoms with E-state index in [4.69, 9.17) is 9.05 Å². The van der Waals surface area contributed by atoms with Crippen LogP contribution in [-0.4, -0.2) is 64.0 Å². The third-order valence-electron chi connectivity index (χ3n) is 6.53. The smallest absolute Gasteiger partial charge is 0.349 e. The Balaban J connectivity index is 1.73. The zero-order valence-electron chi connectivity index (χ0n) is 22.4. The van der Waals surface area contributed by atoms with Crippen molar-refractivity contribution in [3.05, 3.63) is 69.4 Å². The van der Waals surface area contributed by atoms with Crippen LogP contribution in [0.2, 0.25) is 0 Å². The molecule has 0 atom stereocenters. The van der Waals surface area contributed by atoms with E-state index in [2.05, 4.69) is 10.3 Å². The van der Waals surface area contributed by atoms with Crippen molar-refractivity contribution in [3.8, 4) is 5.75 Å². The monoisotopic (exact) mass is 574 g/mol. The SMILES string of the molecule is CCOP(=O)(CNC(=O)c1c(O)c2ncc(Cc3ccc(F)cc3)cc2n(CCN2CCCC2=O)c1=O)OCC. The van der Waals surface area contributed by atoms with Gasteiger partial charge in [0.2, 0.25) is 5.91 Å². The van der Waals surface area contributed by atoms with Gasteiger partial charge in [0.05, 0.1) is 18.7 Å². The summed E-state index contributed by atoms with van der Waals surface area (Å²) in [6, 6.07) is 7.65. The lowest BCUT2D eigenvalue weighted by atomic mass is 10.1. The highest BCUT2D eigenvalue weighted by Crippen LogP contribution is 2.46. The lowest BCUT2D eigenvalue weighted by molar-refractivity contribution is -0.127. The summed E-state index contributed by atoms with van der Waals surface area (Å²) in [6.45, 7) is 4.27. The lowest BCUT2D eigenvalue weighted by Gasteiger charge is -2.20. The van der Waals surface area contributed by atoms with Gasteiger partial charge in [-0.25, -0.2) is 4.39 Å². The summed E-state index contributed by atoms with van der Waals surface area (Å²) >= 11 is 0. The number of nitrogens with zero attached hydrogens (tertiary/aromatic N) is 3. The molecule has 1 aromatic carbocycles. The summed E-state index contributed by atoms with van der Waals surface area (Å²) < 4.78 is 37.8. The van der Waals surface area contributed by atoms with E-state index in [9.17, 15) is 28.4 Å². The first-order valence-electron chi connectivity index (χ1n) is 13.1. The quantitative estimate of drug-likeness (QED) is 0.314. The van der Waals surface area contributed by atoms with Gasteiger partial charge in [-0.15, -0.1) is 0 Å². The van der Waals surface area contributed by atoms with Gasteiger partial charge in [0.25, 0.3) is 11.5 Å². The Bertz CT molecular complexity index is 1500. The average molecular weight is 575 g/mol. The molecule has 2 aromatic heterocycles. The average Bonchev–Trinajstić information content (AvgIpc) is 3.33. The van der Waals surface area contributed by atoms with Crippen LogP contribution in [0.3, 0.4) is 0 Å². The van der Waals surface area contributed by atoms with Crippen LogP contribution in [0.4, 0.5) is 4.39 Å². The first-order valence-corrected chi connectivity index (χ1v) is 14.8. The van der Waals surface area contributed by atoms with E-state index in [-0.39, 0.29) is 49.1 Å². The first kappa shape index (κ1) is 29.4. The number of nitrogens with one attached hydrogen (secondary N) is 1. The summed E-state index contributed by atoms with van der Waals surface area (Å²) in [5.74, 6) is -1.97. The number of carbonyl (C=O) groups is 2. The van der Waals surface area contributed by atoms with Crippen LogP contribution in [0.15, 0.2) is 41.3 Å². The predicted molar refractivity (Wildman–Crippen MR) is 146 cm³/mol. The standard InChI is InChI=1S/C27H32FN4O7P/c1-3-38-40(37,39-4-2)17-30-26(35)23-25(34)24-21(32(27(23)36)13-12-31-11-5-6-22(31)33)15-19(16-29-24)14-18-7-9-20(28)10-8-18/h7-10,15-16,34H,3-6,11-14,17H2,1-2H3,(H,30,35). The predicted octanol–water partition coefficient (Wildman–Crippen LogP) is 3.41. The van der Waals surface area contributed by atoms with Crippen molar-refractivity contribution < 1.29 is 32.7 Å². The van der Waals surface area contributed by atoms with Gasteiger partial charge in [0.15, 0.2) is 5.75 Å². The number of pyridine rings is 2. The Hall–Kier alpha value is -3.60. The van der Waals surface area contributed by atoms with Crippen molar-refractivity contribution in [2.24, 2.45) is 0 Å². The normalized spacial score (nSPS) is 13.8. The maximum Gasteiger partial charge on any atom is 0.349 e. The highest BCUT2D eigenvalue weighted by Gasteiger charge is 2.29. The van der Waals surface area contributed by atoms with Gasteiger partial charge < -0.3 is 28.9 Å². The molecule has 0 spiro atoms. The summed E-state index contributed by atoms with van der Waals surface area (Å²) in [5.41, 5.74) is 0.428. The molecule has 2 N–H and O–H groups in total. The second kappa shape index (κ2) is 12.7. The number of carbonyl (C=O) groups excluding carboxylic acids is 2. The molecule has 0 radical (unpaired) electrons. The molecule has 40 heavy (non-hydrogen) atoms. The second-order valence-electron chi connectivity index (χ2n) is 9.29. The number of halogens is 1. The van der Waals surface area contributed by atoms with Gasteiger partial charge in [-0.3, -0.25) is 23.9 Å². The van der Waals surface area contributed by atoms with Gasteiger partial charge in [-0.05, 0) is 56.0 Å². The maximum atomic E-state index is 13.7. The zero-order chi connectivity index (χ0) is 28.9. The van der Waals surface area contributed by atoms with Crippen LogP contribution >= 0.6 is 7.60 Å². The molecule has 0 unspecified atom stereocenters. The molecule has 214 valence electrons. The maximum absolute atomic E-state index is 13.7.